The predicted molar refractivity (Wildman–Crippen MR) is 69.3 cm³/mol. The van der Waals surface area contributed by atoms with Crippen LogP contribution in [0.5, 0.6) is 5.75 Å². The molecule has 0 heterocycles. The van der Waals surface area contributed by atoms with Gasteiger partial charge in [0, 0.05) is 12.2 Å². The molecule has 3 heteroatoms. The summed E-state index contributed by atoms with van der Waals surface area (Å²) in [6.07, 6.45) is 0.506. The largest absolute Gasteiger partial charge is 0.493 e. The molecule has 1 rings (SSSR count). The molecule has 0 saturated carbocycles. The van der Waals surface area contributed by atoms with Gasteiger partial charge >= 0.3 is 0 Å². The topological polar surface area (TPSA) is 26.3 Å². The number of ether oxygens (including phenoxy) is 1. The summed E-state index contributed by atoms with van der Waals surface area (Å²) in [6.45, 7) is 4.48. The van der Waals surface area contributed by atoms with Crippen LogP contribution in [0, 0.1) is 0 Å². The molecule has 0 bridgehead atoms. The highest BCUT2D eigenvalue weighted by Gasteiger charge is 1.98. The molecule has 1 aromatic carbocycles. The van der Waals surface area contributed by atoms with Gasteiger partial charge in [0.25, 0.3) is 0 Å². The normalized spacial score (nSPS) is 10.1. The van der Waals surface area contributed by atoms with E-state index in [0.717, 1.165) is 29.4 Å². The summed E-state index contributed by atoms with van der Waals surface area (Å²) in [4.78, 5) is 10.9. The van der Waals surface area contributed by atoms with Gasteiger partial charge in [0.1, 0.15) is 11.5 Å². The average Bonchev–Trinajstić information content (AvgIpc) is 2.26. The van der Waals surface area contributed by atoms with E-state index in [9.17, 15) is 4.79 Å². The number of carbonyl (C=O) groups excluding carboxylic acids is 1. The van der Waals surface area contributed by atoms with Gasteiger partial charge in [-0.1, -0.05) is 19.1 Å². The average molecular weight is 238 g/mol. The SMILES string of the molecule is CCSCCOc1ccc(CC(C)=O)cc1. The fourth-order valence-corrected chi connectivity index (χ4v) is 1.84. The first kappa shape index (κ1) is 13.1. The molecule has 16 heavy (non-hydrogen) atoms. The number of Topliss-reactive ketones (excluding diaryl/α,β-unsaturated/α-hetero) is 1. The van der Waals surface area contributed by atoms with Gasteiger partial charge in [-0.25, -0.2) is 0 Å². The smallest absolute Gasteiger partial charge is 0.134 e. The lowest BCUT2D eigenvalue weighted by molar-refractivity contribution is -0.116. The molecule has 0 amide bonds. The molecule has 0 radical (unpaired) electrons. The van der Waals surface area contributed by atoms with Crippen molar-refractivity contribution in [2.24, 2.45) is 0 Å². The van der Waals surface area contributed by atoms with Gasteiger partial charge < -0.3 is 4.74 Å². The lowest BCUT2D eigenvalue weighted by atomic mass is 10.1. The summed E-state index contributed by atoms with van der Waals surface area (Å²) in [5.74, 6) is 3.21. The zero-order chi connectivity index (χ0) is 11.8. The summed E-state index contributed by atoms with van der Waals surface area (Å²) in [6, 6.07) is 7.75. The van der Waals surface area contributed by atoms with Crippen LogP contribution in [0.15, 0.2) is 24.3 Å². The minimum Gasteiger partial charge on any atom is -0.493 e. The number of hydrogen-bond acceptors (Lipinski definition) is 3. The number of carbonyl (C=O) groups is 1. The highest BCUT2D eigenvalue weighted by atomic mass is 32.2. The summed E-state index contributed by atoms with van der Waals surface area (Å²) in [7, 11) is 0. The third-order valence-electron chi connectivity index (χ3n) is 2.08. The number of thioether (sulfide) groups is 1. The van der Waals surface area contributed by atoms with Crippen molar-refractivity contribution >= 4 is 17.5 Å². The van der Waals surface area contributed by atoms with Gasteiger partial charge in [-0.15, -0.1) is 0 Å². The Hall–Kier alpha value is -0.960. The zero-order valence-electron chi connectivity index (χ0n) is 9.86. The molecule has 0 saturated heterocycles. The van der Waals surface area contributed by atoms with Crippen molar-refractivity contribution in [3.63, 3.8) is 0 Å². The second kappa shape index (κ2) is 7.34. The van der Waals surface area contributed by atoms with Crippen molar-refractivity contribution in [3.05, 3.63) is 29.8 Å². The fraction of sp³-hybridized carbons (Fsp3) is 0.462. The van der Waals surface area contributed by atoms with E-state index in [-0.39, 0.29) is 5.78 Å². The monoisotopic (exact) mass is 238 g/mol. The van der Waals surface area contributed by atoms with E-state index in [4.69, 9.17) is 4.74 Å². The second-order valence-electron chi connectivity index (χ2n) is 3.57. The molecule has 0 atom stereocenters. The molecule has 0 aliphatic carbocycles. The lowest BCUT2D eigenvalue weighted by Crippen LogP contribution is -2.01. The lowest BCUT2D eigenvalue weighted by Gasteiger charge is -2.06. The van der Waals surface area contributed by atoms with Gasteiger partial charge in [-0.2, -0.15) is 11.8 Å². The molecule has 0 aliphatic heterocycles. The van der Waals surface area contributed by atoms with Gasteiger partial charge in [-0.3, -0.25) is 4.79 Å². The highest BCUT2D eigenvalue weighted by Crippen LogP contribution is 2.13. The van der Waals surface area contributed by atoms with E-state index < -0.39 is 0 Å². The predicted octanol–water partition coefficient (Wildman–Crippen LogP) is 2.95. The van der Waals surface area contributed by atoms with Crippen molar-refractivity contribution in [1.29, 1.82) is 0 Å². The van der Waals surface area contributed by atoms with E-state index in [1.807, 2.05) is 36.0 Å². The van der Waals surface area contributed by atoms with Gasteiger partial charge in [0.2, 0.25) is 0 Å². The Kier molecular flexibility index (Phi) is 6.01. The molecule has 0 aromatic heterocycles. The Labute approximate surface area is 101 Å². The fourth-order valence-electron chi connectivity index (χ4n) is 1.35. The van der Waals surface area contributed by atoms with E-state index in [1.165, 1.54) is 0 Å². The van der Waals surface area contributed by atoms with Crippen LogP contribution in [0.2, 0.25) is 0 Å². The van der Waals surface area contributed by atoms with E-state index in [1.54, 1.807) is 6.92 Å². The summed E-state index contributed by atoms with van der Waals surface area (Å²) < 4.78 is 5.56. The van der Waals surface area contributed by atoms with Crippen molar-refractivity contribution in [2.45, 2.75) is 20.3 Å². The van der Waals surface area contributed by atoms with Crippen LogP contribution in [0.4, 0.5) is 0 Å². The Morgan fingerprint density at radius 3 is 2.56 bits per heavy atom. The minimum atomic E-state index is 0.188. The third-order valence-corrected chi connectivity index (χ3v) is 2.94. The van der Waals surface area contributed by atoms with Gasteiger partial charge in [0.15, 0.2) is 0 Å². The van der Waals surface area contributed by atoms with Crippen LogP contribution in [0.1, 0.15) is 19.4 Å². The number of rotatable bonds is 7. The molecule has 0 aliphatic rings. The van der Waals surface area contributed by atoms with Crippen molar-refractivity contribution in [2.75, 3.05) is 18.1 Å². The number of benzene rings is 1. The molecule has 0 N–H and O–H groups in total. The standard InChI is InChI=1S/C13H18O2S/c1-3-16-9-8-15-13-6-4-12(5-7-13)10-11(2)14/h4-7H,3,8-10H2,1-2H3. The van der Waals surface area contributed by atoms with Crippen LogP contribution in [0.3, 0.4) is 0 Å². The first-order chi connectivity index (χ1) is 7.72. The third kappa shape index (κ3) is 5.21. The maximum absolute atomic E-state index is 10.9. The molecular formula is C13H18O2S. The molecular weight excluding hydrogens is 220 g/mol. The van der Waals surface area contributed by atoms with E-state index >= 15 is 0 Å². The molecule has 0 fully saturated rings. The van der Waals surface area contributed by atoms with Crippen LogP contribution in [-0.2, 0) is 11.2 Å². The Balaban J connectivity index is 2.36. The highest BCUT2D eigenvalue weighted by molar-refractivity contribution is 7.99. The van der Waals surface area contributed by atoms with E-state index in [0.29, 0.717) is 6.42 Å². The first-order valence-corrected chi connectivity index (χ1v) is 6.66. The quantitative estimate of drug-likeness (QED) is 0.683. The Bertz CT molecular complexity index is 319. The van der Waals surface area contributed by atoms with Gasteiger partial charge in [0.05, 0.1) is 6.61 Å². The molecule has 1 aromatic rings. The second-order valence-corrected chi connectivity index (χ2v) is 4.96. The molecule has 0 unspecified atom stereocenters. The number of ketones is 1. The maximum atomic E-state index is 10.9. The van der Waals surface area contributed by atoms with Crippen LogP contribution < -0.4 is 4.74 Å². The Morgan fingerprint density at radius 1 is 1.31 bits per heavy atom. The summed E-state index contributed by atoms with van der Waals surface area (Å²) in [5, 5.41) is 0. The van der Waals surface area contributed by atoms with Crippen molar-refractivity contribution in [1.82, 2.24) is 0 Å². The summed E-state index contributed by atoms with van der Waals surface area (Å²) >= 11 is 1.87. The molecule has 88 valence electrons. The van der Waals surface area contributed by atoms with Crippen molar-refractivity contribution in [3.8, 4) is 5.75 Å². The number of hydrogen-bond donors (Lipinski definition) is 0. The van der Waals surface area contributed by atoms with E-state index in [2.05, 4.69) is 6.92 Å². The molecule has 2 nitrogen and oxygen atoms in total. The Morgan fingerprint density at radius 2 is 2.00 bits per heavy atom. The van der Waals surface area contributed by atoms with Crippen LogP contribution >= 0.6 is 11.8 Å². The van der Waals surface area contributed by atoms with Crippen molar-refractivity contribution < 1.29 is 9.53 Å². The zero-order valence-corrected chi connectivity index (χ0v) is 10.7. The summed E-state index contributed by atoms with van der Waals surface area (Å²) in [5.41, 5.74) is 1.04. The van der Waals surface area contributed by atoms with Crippen LogP contribution in [-0.4, -0.2) is 23.9 Å². The molecule has 0 spiro atoms. The maximum Gasteiger partial charge on any atom is 0.134 e. The minimum absolute atomic E-state index is 0.188. The first-order valence-electron chi connectivity index (χ1n) is 5.51. The van der Waals surface area contributed by atoms with Gasteiger partial charge in [-0.05, 0) is 30.4 Å². The van der Waals surface area contributed by atoms with Crippen LogP contribution in [0.25, 0.3) is 0 Å².